The standard InChI is InChI=1S/C16H13N3O3S/c20-15-17-12-7-4-8-13(19(21)22)14(12)16(18(15)9-10-23-16)11-5-2-1-3-6-11/h1-8H,9-10H2,(H,17,20). The molecule has 0 saturated carbocycles. The van der Waals surface area contributed by atoms with Crippen LogP contribution in [-0.4, -0.2) is 28.2 Å². The molecular weight excluding hydrogens is 314 g/mol. The van der Waals surface area contributed by atoms with E-state index in [-0.39, 0.29) is 16.6 Å². The second-order valence-corrected chi connectivity index (χ2v) is 6.68. The van der Waals surface area contributed by atoms with Crippen LogP contribution in [0.5, 0.6) is 0 Å². The lowest BCUT2D eigenvalue weighted by molar-refractivity contribution is -0.385. The summed E-state index contributed by atoms with van der Waals surface area (Å²) in [6.45, 7) is 0.552. The van der Waals surface area contributed by atoms with Gasteiger partial charge in [0.1, 0.15) is 0 Å². The number of benzene rings is 2. The smallest absolute Gasteiger partial charge is 0.307 e. The minimum atomic E-state index is -0.845. The number of nitrogens with one attached hydrogen (secondary N) is 1. The molecule has 2 heterocycles. The SMILES string of the molecule is O=C1Nc2cccc([N+](=O)[O-])c2C2(c3ccccc3)SCCN12. The predicted octanol–water partition coefficient (Wildman–Crippen LogP) is 3.39. The molecule has 116 valence electrons. The zero-order valence-corrected chi connectivity index (χ0v) is 12.9. The Labute approximate surface area is 136 Å². The monoisotopic (exact) mass is 327 g/mol. The summed E-state index contributed by atoms with van der Waals surface area (Å²) in [6, 6.07) is 14.1. The quantitative estimate of drug-likeness (QED) is 0.677. The number of nitro benzene ring substituents is 1. The summed E-state index contributed by atoms with van der Waals surface area (Å²) in [7, 11) is 0. The fourth-order valence-corrected chi connectivity index (χ4v) is 4.92. The van der Waals surface area contributed by atoms with E-state index in [1.54, 1.807) is 28.8 Å². The summed E-state index contributed by atoms with van der Waals surface area (Å²) in [4.78, 5) is 24.6. The van der Waals surface area contributed by atoms with Crippen LogP contribution in [0, 0.1) is 10.1 Å². The molecule has 1 saturated heterocycles. The zero-order chi connectivity index (χ0) is 16.0. The average Bonchev–Trinajstić information content (AvgIpc) is 3.02. The summed E-state index contributed by atoms with van der Waals surface area (Å²) < 4.78 is 0. The average molecular weight is 327 g/mol. The fourth-order valence-electron chi connectivity index (χ4n) is 3.35. The maximum atomic E-state index is 12.5. The van der Waals surface area contributed by atoms with Crippen molar-refractivity contribution in [3.8, 4) is 0 Å². The Morgan fingerprint density at radius 2 is 1.96 bits per heavy atom. The summed E-state index contributed by atoms with van der Waals surface area (Å²) in [5.41, 5.74) is 1.98. The van der Waals surface area contributed by atoms with Gasteiger partial charge >= 0.3 is 6.03 Å². The number of fused-ring (bicyclic) bond motifs is 3. The molecule has 2 amide bonds. The highest BCUT2D eigenvalue weighted by molar-refractivity contribution is 8.00. The molecule has 0 radical (unpaired) electrons. The first-order valence-electron chi connectivity index (χ1n) is 7.20. The molecule has 2 aromatic carbocycles. The zero-order valence-electron chi connectivity index (χ0n) is 12.1. The van der Waals surface area contributed by atoms with Gasteiger partial charge in [-0.25, -0.2) is 4.79 Å². The van der Waals surface area contributed by atoms with Gasteiger partial charge in [0, 0.05) is 18.4 Å². The van der Waals surface area contributed by atoms with Crippen LogP contribution in [0.15, 0.2) is 48.5 Å². The molecule has 2 aliphatic rings. The number of hydrogen-bond donors (Lipinski definition) is 1. The van der Waals surface area contributed by atoms with Crippen molar-refractivity contribution in [2.75, 3.05) is 17.6 Å². The molecule has 0 aliphatic carbocycles. The number of thioether (sulfide) groups is 1. The highest BCUT2D eigenvalue weighted by atomic mass is 32.2. The van der Waals surface area contributed by atoms with Crippen molar-refractivity contribution in [3.05, 3.63) is 69.8 Å². The normalized spacial score (nSPS) is 22.3. The molecule has 7 heteroatoms. The van der Waals surface area contributed by atoms with Crippen LogP contribution < -0.4 is 5.32 Å². The molecule has 0 aromatic heterocycles. The van der Waals surface area contributed by atoms with Gasteiger partial charge in [-0.05, 0) is 11.6 Å². The van der Waals surface area contributed by atoms with Gasteiger partial charge in [0.25, 0.3) is 5.69 Å². The van der Waals surface area contributed by atoms with Gasteiger partial charge in [0.15, 0.2) is 4.87 Å². The van der Waals surface area contributed by atoms with E-state index in [1.807, 2.05) is 30.3 Å². The molecule has 0 bridgehead atoms. The summed E-state index contributed by atoms with van der Waals surface area (Å²) in [6.07, 6.45) is 0. The van der Waals surface area contributed by atoms with E-state index in [4.69, 9.17) is 0 Å². The third-order valence-electron chi connectivity index (χ3n) is 4.24. The molecule has 2 aliphatic heterocycles. The van der Waals surface area contributed by atoms with Gasteiger partial charge in [0.2, 0.25) is 0 Å². The summed E-state index contributed by atoms with van der Waals surface area (Å²) in [5.74, 6) is 0.730. The fraction of sp³-hybridized carbons (Fsp3) is 0.188. The van der Waals surface area contributed by atoms with E-state index >= 15 is 0 Å². The van der Waals surface area contributed by atoms with Crippen molar-refractivity contribution < 1.29 is 9.72 Å². The van der Waals surface area contributed by atoms with Crippen LogP contribution in [0.2, 0.25) is 0 Å². The lowest BCUT2D eigenvalue weighted by Crippen LogP contribution is -2.50. The number of carbonyl (C=O) groups excluding carboxylic acids is 1. The van der Waals surface area contributed by atoms with Crippen molar-refractivity contribution in [1.29, 1.82) is 0 Å². The van der Waals surface area contributed by atoms with Crippen molar-refractivity contribution in [2.45, 2.75) is 4.87 Å². The second-order valence-electron chi connectivity index (χ2n) is 5.40. The van der Waals surface area contributed by atoms with E-state index < -0.39 is 4.87 Å². The largest absolute Gasteiger partial charge is 0.323 e. The molecule has 6 nitrogen and oxygen atoms in total. The molecule has 1 N–H and O–H groups in total. The van der Waals surface area contributed by atoms with Crippen LogP contribution in [0.25, 0.3) is 0 Å². The van der Waals surface area contributed by atoms with E-state index in [0.717, 1.165) is 11.3 Å². The highest BCUT2D eigenvalue weighted by Gasteiger charge is 2.54. The Morgan fingerprint density at radius 1 is 1.17 bits per heavy atom. The van der Waals surface area contributed by atoms with Gasteiger partial charge < -0.3 is 10.2 Å². The van der Waals surface area contributed by atoms with Crippen molar-refractivity contribution in [2.24, 2.45) is 0 Å². The van der Waals surface area contributed by atoms with Crippen LogP contribution in [0.1, 0.15) is 11.1 Å². The van der Waals surface area contributed by atoms with E-state index in [9.17, 15) is 14.9 Å². The van der Waals surface area contributed by atoms with Crippen LogP contribution >= 0.6 is 11.8 Å². The van der Waals surface area contributed by atoms with Crippen molar-refractivity contribution in [3.63, 3.8) is 0 Å². The number of amides is 2. The number of urea groups is 1. The number of nitro groups is 1. The van der Waals surface area contributed by atoms with Crippen molar-refractivity contribution >= 4 is 29.2 Å². The Hall–Kier alpha value is -2.54. The Bertz CT molecular complexity index is 811. The lowest BCUT2D eigenvalue weighted by atomic mass is 9.91. The summed E-state index contributed by atoms with van der Waals surface area (Å²) >= 11 is 1.57. The Morgan fingerprint density at radius 3 is 2.70 bits per heavy atom. The highest BCUT2D eigenvalue weighted by Crippen LogP contribution is 2.56. The molecular formula is C16H13N3O3S. The van der Waals surface area contributed by atoms with Crippen LogP contribution in [0.3, 0.4) is 0 Å². The van der Waals surface area contributed by atoms with E-state index in [2.05, 4.69) is 5.32 Å². The first-order valence-corrected chi connectivity index (χ1v) is 8.19. The summed E-state index contributed by atoms with van der Waals surface area (Å²) in [5, 5.41) is 14.4. The van der Waals surface area contributed by atoms with Gasteiger partial charge in [-0.3, -0.25) is 10.1 Å². The first-order chi connectivity index (χ1) is 11.1. The number of nitrogens with zero attached hydrogens (tertiary/aromatic N) is 2. The molecule has 2 aromatic rings. The van der Waals surface area contributed by atoms with E-state index in [0.29, 0.717) is 17.8 Å². The van der Waals surface area contributed by atoms with Gasteiger partial charge in [-0.2, -0.15) is 0 Å². The molecule has 23 heavy (non-hydrogen) atoms. The minimum absolute atomic E-state index is 0.0331. The third kappa shape index (κ3) is 1.86. The van der Waals surface area contributed by atoms with Gasteiger partial charge in [-0.15, -0.1) is 11.8 Å². The minimum Gasteiger partial charge on any atom is -0.307 e. The molecule has 1 atom stereocenters. The first kappa shape index (κ1) is 14.1. The predicted molar refractivity (Wildman–Crippen MR) is 88.5 cm³/mol. The van der Waals surface area contributed by atoms with Crippen LogP contribution in [-0.2, 0) is 4.87 Å². The molecule has 1 fully saturated rings. The number of anilines is 1. The maximum absolute atomic E-state index is 12.5. The third-order valence-corrected chi connectivity index (χ3v) is 5.70. The Kier molecular flexibility index (Phi) is 3.05. The lowest BCUT2D eigenvalue weighted by Gasteiger charge is -2.42. The molecule has 1 unspecified atom stereocenters. The van der Waals surface area contributed by atoms with Gasteiger partial charge in [0.05, 0.1) is 16.2 Å². The van der Waals surface area contributed by atoms with Crippen LogP contribution in [0.4, 0.5) is 16.2 Å². The van der Waals surface area contributed by atoms with Gasteiger partial charge in [-0.1, -0.05) is 36.4 Å². The Balaban J connectivity index is 2.08. The number of rotatable bonds is 2. The number of carbonyl (C=O) groups is 1. The molecule has 4 rings (SSSR count). The van der Waals surface area contributed by atoms with Crippen molar-refractivity contribution in [1.82, 2.24) is 4.90 Å². The maximum Gasteiger partial charge on any atom is 0.323 e. The van der Waals surface area contributed by atoms with E-state index in [1.165, 1.54) is 6.07 Å². The topological polar surface area (TPSA) is 75.5 Å². The molecule has 0 spiro atoms. The number of hydrogen-bond acceptors (Lipinski definition) is 4. The second kappa shape index (κ2) is 4.99.